The first-order valence-electron chi connectivity index (χ1n) is 10.7. The van der Waals surface area contributed by atoms with Gasteiger partial charge in [0.15, 0.2) is 0 Å². The number of aliphatic hydroxyl groups excluding tert-OH is 1. The molecule has 0 aromatic carbocycles. The smallest absolute Gasteiger partial charge is 0.262 e. The number of rotatable bonds is 13. The molecule has 0 aliphatic carbocycles. The van der Waals surface area contributed by atoms with Crippen LogP contribution in [0.1, 0.15) is 27.7 Å². The van der Waals surface area contributed by atoms with Crippen LogP contribution in [0.4, 0.5) is 11.5 Å². The Balaban J connectivity index is 2.83. The molecule has 1 aromatic heterocycles. The first kappa shape index (κ1) is 28.0. The number of hydrogen-bond donors (Lipinski definition) is 4. The second-order valence-corrected chi connectivity index (χ2v) is 8.70. The summed E-state index contributed by atoms with van der Waals surface area (Å²) in [6.07, 6.45) is 8.47. The van der Waals surface area contributed by atoms with Gasteiger partial charge in [-0.15, -0.1) is 11.8 Å². The van der Waals surface area contributed by atoms with Gasteiger partial charge >= 0.3 is 0 Å². The summed E-state index contributed by atoms with van der Waals surface area (Å²) in [5, 5.41) is 27.1. The predicted molar refractivity (Wildman–Crippen MR) is 134 cm³/mol. The molecule has 1 heterocycles. The number of nitriles is 1. The number of hydrogen-bond acceptors (Lipinski definition) is 8. The first-order valence-corrected chi connectivity index (χ1v) is 12.0. The number of aromatic nitrogens is 1. The van der Waals surface area contributed by atoms with Crippen molar-refractivity contribution >= 4 is 35.1 Å². The quantitative estimate of drug-likeness (QED) is 0.253. The second kappa shape index (κ2) is 14.2. The van der Waals surface area contributed by atoms with E-state index in [-0.39, 0.29) is 24.6 Å². The highest BCUT2D eigenvalue weighted by molar-refractivity contribution is 8.00. The SMILES string of the molecule is CCNc1cc(NC=CC(SC)C(=O)N(CC)C/C=C(\C#N)C(=O)NC(C)(C)CO)ccn1. The molecule has 0 aliphatic rings. The van der Waals surface area contributed by atoms with E-state index in [0.29, 0.717) is 6.54 Å². The number of likely N-dealkylation sites (N-methyl/N-ethyl adjacent to an activating group) is 1. The molecule has 1 aromatic rings. The predicted octanol–water partition coefficient (Wildman–Crippen LogP) is 2.36. The minimum atomic E-state index is -0.850. The Bertz CT molecular complexity index is 894. The molecule has 180 valence electrons. The number of anilines is 2. The van der Waals surface area contributed by atoms with Gasteiger partial charge in [-0.2, -0.15) is 5.26 Å². The normalized spacial score (nSPS) is 12.7. The lowest BCUT2D eigenvalue weighted by Crippen LogP contribution is -2.46. The van der Waals surface area contributed by atoms with Crippen LogP contribution in [0, 0.1) is 11.3 Å². The Morgan fingerprint density at radius 2 is 2.12 bits per heavy atom. The Kier molecular flexibility index (Phi) is 12.0. The van der Waals surface area contributed by atoms with Crippen LogP contribution in [-0.4, -0.2) is 70.1 Å². The Hall–Kier alpha value is -3.03. The third-order valence-corrected chi connectivity index (χ3v) is 5.42. The fraction of sp³-hybridized carbons (Fsp3) is 0.478. The molecule has 0 spiro atoms. The average Bonchev–Trinajstić information content (AvgIpc) is 2.79. The van der Waals surface area contributed by atoms with Gasteiger partial charge in [0.1, 0.15) is 22.7 Å². The van der Waals surface area contributed by atoms with Crippen molar-refractivity contribution < 1.29 is 14.7 Å². The third-order valence-electron chi connectivity index (χ3n) is 4.56. The number of carbonyl (C=O) groups is 2. The first-order chi connectivity index (χ1) is 15.7. The molecular formula is C23H34N6O3S. The van der Waals surface area contributed by atoms with Crippen molar-refractivity contribution in [2.45, 2.75) is 38.5 Å². The largest absolute Gasteiger partial charge is 0.394 e. The lowest BCUT2D eigenvalue weighted by molar-refractivity contribution is -0.129. The zero-order valence-electron chi connectivity index (χ0n) is 19.9. The molecule has 33 heavy (non-hydrogen) atoms. The monoisotopic (exact) mass is 474 g/mol. The van der Waals surface area contributed by atoms with Gasteiger partial charge < -0.3 is 26.0 Å². The highest BCUT2D eigenvalue weighted by Crippen LogP contribution is 2.15. The van der Waals surface area contributed by atoms with Crippen molar-refractivity contribution in [2.75, 3.05) is 43.1 Å². The molecule has 0 aliphatic heterocycles. The van der Waals surface area contributed by atoms with Crippen molar-refractivity contribution in [3.8, 4) is 6.07 Å². The topological polar surface area (TPSA) is 130 Å². The molecule has 0 radical (unpaired) electrons. The van der Waals surface area contributed by atoms with Gasteiger partial charge in [0.05, 0.1) is 12.1 Å². The third kappa shape index (κ3) is 9.55. The van der Waals surface area contributed by atoms with Crippen LogP contribution >= 0.6 is 11.8 Å². The van der Waals surface area contributed by atoms with E-state index in [4.69, 9.17) is 0 Å². The molecular weight excluding hydrogens is 440 g/mol. The van der Waals surface area contributed by atoms with E-state index < -0.39 is 16.7 Å². The summed E-state index contributed by atoms with van der Waals surface area (Å²) in [5.74, 6) is 0.0487. The summed E-state index contributed by atoms with van der Waals surface area (Å²) in [4.78, 5) is 31.1. The fourth-order valence-electron chi connectivity index (χ4n) is 2.65. The van der Waals surface area contributed by atoms with E-state index in [2.05, 4.69) is 20.9 Å². The van der Waals surface area contributed by atoms with E-state index in [1.165, 1.54) is 17.8 Å². The number of thioether (sulfide) groups is 1. The van der Waals surface area contributed by atoms with Crippen LogP contribution in [0.3, 0.4) is 0 Å². The number of aliphatic hydroxyl groups is 1. The van der Waals surface area contributed by atoms with Crippen molar-refractivity contribution in [3.05, 3.63) is 42.3 Å². The van der Waals surface area contributed by atoms with Crippen molar-refractivity contribution in [1.82, 2.24) is 15.2 Å². The number of nitrogens with zero attached hydrogens (tertiary/aromatic N) is 3. The highest BCUT2D eigenvalue weighted by atomic mass is 32.2. The van der Waals surface area contributed by atoms with Crippen LogP contribution in [0.5, 0.6) is 0 Å². The van der Waals surface area contributed by atoms with Crippen LogP contribution < -0.4 is 16.0 Å². The molecule has 4 N–H and O–H groups in total. The van der Waals surface area contributed by atoms with Crippen LogP contribution in [0.15, 0.2) is 42.3 Å². The Morgan fingerprint density at radius 3 is 2.70 bits per heavy atom. The summed E-state index contributed by atoms with van der Waals surface area (Å²) in [5.41, 5.74) is -0.109. The van der Waals surface area contributed by atoms with Gasteiger partial charge in [-0.25, -0.2) is 4.98 Å². The summed E-state index contributed by atoms with van der Waals surface area (Å²) < 4.78 is 0. The van der Waals surface area contributed by atoms with Crippen LogP contribution in [0.25, 0.3) is 0 Å². The maximum atomic E-state index is 13.0. The average molecular weight is 475 g/mol. The number of nitrogens with one attached hydrogen (secondary N) is 3. The maximum absolute atomic E-state index is 13.0. The molecule has 1 unspecified atom stereocenters. The minimum Gasteiger partial charge on any atom is -0.394 e. The molecule has 0 saturated heterocycles. The Labute approximate surface area is 200 Å². The highest BCUT2D eigenvalue weighted by Gasteiger charge is 2.23. The van der Waals surface area contributed by atoms with E-state index in [1.54, 1.807) is 37.2 Å². The number of pyridine rings is 1. The van der Waals surface area contributed by atoms with Gasteiger partial charge in [-0.1, -0.05) is 0 Å². The van der Waals surface area contributed by atoms with Crippen molar-refractivity contribution in [2.24, 2.45) is 0 Å². The van der Waals surface area contributed by atoms with Gasteiger partial charge in [0, 0.05) is 37.6 Å². The molecule has 9 nitrogen and oxygen atoms in total. The summed E-state index contributed by atoms with van der Waals surface area (Å²) in [7, 11) is 0. The van der Waals surface area contributed by atoms with Gasteiger partial charge in [-0.05, 0) is 58.4 Å². The standard InChI is InChI=1S/C23H34N6O3S/c1-6-25-20-14-18(8-11-27-20)26-12-9-19(33-5)22(32)29(7-2)13-10-17(15-24)21(31)28-23(3,4)16-30/h8-12,14,19,30H,6-7,13,16H2,1-5H3,(H,28,31)(H2,25,26,27)/b12-9?,17-10+. The van der Waals surface area contributed by atoms with Crippen molar-refractivity contribution in [1.29, 1.82) is 5.26 Å². The molecule has 0 saturated carbocycles. The second-order valence-electron chi connectivity index (χ2n) is 7.72. The lowest BCUT2D eigenvalue weighted by Gasteiger charge is -2.24. The van der Waals surface area contributed by atoms with E-state index in [1.807, 2.05) is 38.3 Å². The van der Waals surface area contributed by atoms with Gasteiger partial charge in [0.2, 0.25) is 5.91 Å². The van der Waals surface area contributed by atoms with E-state index >= 15 is 0 Å². The summed E-state index contributed by atoms with van der Waals surface area (Å²) >= 11 is 1.39. The van der Waals surface area contributed by atoms with Crippen LogP contribution in [-0.2, 0) is 9.59 Å². The zero-order valence-corrected chi connectivity index (χ0v) is 20.7. The minimum absolute atomic E-state index is 0.102. The number of amides is 2. The van der Waals surface area contributed by atoms with E-state index in [9.17, 15) is 20.0 Å². The van der Waals surface area contributed by atoms with E-state index in [0.717, 1.165) is 18.1 Å². The van der Waals surface area contributed by atoms with Gasteiger partial charge in [-0.3, -0.25) is 9.59 Å². The van der Waals surface area contributed by atoms with Crippen LogP contribution in [0.2, 0.25) is 0 Å². The molecule has 1 rings (SSSR count). The maximum Gasteiger partial charge on any atom is 0.262 e. The zero-order chi connectivity index (χ0) is 24.9. The summed E-state index contributed by atoms with van der Waals surface area (Å²) in [6, 6.07) is 5.57. The molecule has 2 amide bonds. The fourth-order valence-corrected chi connectivity index (χ4v) is 3.24. The van der Waals surface area contributed by atoms with Gasteiger partial charge in [0.25, 0.3) is 5.91 Å². The Morgan fingerprint density at radius 1 is 1.39 bits per heavy atom. The molecule has 1 atom stereocenters. The molecule has 0 bridgehead atoms. The molecule has 10 heteroatoms. The van der Waals surface area contributed by atoms with Crippen molar-refractivity contribution in [3.63, 3.8) is 0 Å². The lowest BCUT2D eigenvalue weighted by atomic mass is 10.1. The molecule has 0 fully saturated rings. The number of carbonyl (C=O) groups excluding carboxylic acids is 2. The summed E-state index contributed by atoms with van der Waals surface area (Å²) in [6.45, 7) is 8.19.